The molecule has 2 heteroatoms. The number of fused-ring (bicyclic) bond motifs is 7. The van der Waals surface area contributed by atoms with Crippen LogP contribution in [-0.2, 0) is 0 Å². The van der Waals surface area contributed by atoms with Crippen molar-refractivity contribution < 1.29 is 18.1 Å². The van der Waals surface area contributed by atoms with E-state index in [1.165, 1.54) is 12.3 Å². The normalized spacial score (nSPS) is 18.5. The van der Waals surface area contributed by atoms with Crippen LogP contribution in [0.15, 0.2) is 120 Å². The first-order valence-corrected chi connectivity index (χ1v) is 16.1. The van der Waals surface area contributed by atoms with Gasteiger partial charge in [0.05, 0.1) is 5.69 Å². The number of benzene rings is 6. The highest BCUT2D eigenvalue weighted by Crippen LogP contribution is 2.42. The van der Waals surface area contributed by atoms with E-state index in [-0.39, 0.29) is 27.8 Å². The number of pyridine rings is 1. The van der Waals surface area contributed by atoms with Crippen LogP contribution in [0, 0.1) is 20.6 Å². The molecule has 8 aromatic rings. The predicted molar refractivity (Wildman–Crippen MR) is 198 cm³/mol. The molecule has 0 radical (unpaired) electrons. The maximum absolute atomic E-state index is 9.01. The Morgan fingerprint density at radius 1 is 0.617 bits per heavy atom. The predicted octanol–water partition coefficient (Wildman–Crippen LogP) is 12.9. The summed E-state index contributed by atoms with van der Waals surface area (Å²) in [4.78, 5) is 4.64. The number of nitrogens with zero attached hydrogens (tertiary/aromatic N) is 1. The summed E-state index contributed by atoms with van der Waals surface area (Å²) in [6, 6.07) is 33.4. The molecule has 0 N–H and O–H groups in total. The Morgan fingerprint density at radius 2 is 1.38 bits per heavy atom. The lowest BCUT2D eigenvalue weighted by Gasteiger charge is -2.16. The maximum atomic E-state index is 9.01. The third-order valence-corrected chi connectivity index (χ3v) is 9.81. The van der Waals surface area contributed by atoms with Crippen molar-refractivity contribution in [2.45, 2.75) is 52.1 Å². The molecule has 0 aliphatic heterocycles. The van der Waals surface area contributed by atoms with Gasteiger partial charge in [-0.25, -0.2) is 0 Å². The van der Waals surface area contributed by atoms with Crippen LogP contribution in [0.4, 0.5) is 0 Å². The van der Waals surface area contributed by atoms with Crippen LogP contribution in [0.1, 0.15) is 67.5 Å². The Bertz CT molecular complexity index is 2900. The van der Waals surface area contributed by atoms with Crippen LogP contribution < -0.4 is 0 Å². The molecular formula is C45H37NO. The average Bonchev–Trinajstić information content (AvgIpc) is 3.80. The summed E-state index contributed by atoms with van der Waals surface area (Å²) < 4.78 is 92.2. The smallest absolute Gasteiger partial charge is 0.144 e. The van der Waals surface area contributed by atoms with Crippen molar-refractivity contribution in [3.05, 3.63) is 138 Å². The Balaban J connectivity index is 1.23. The van der Waals surface area contributed by atoms with E-state index in [0.717, 1.165) is 50.7 Å². The number of hydrogen-bond donors (Lipinski definition) is 0. The van der Waals surface area contributed by atoms with E-state index >= 15 is 0 Å². The second kappa shape index (κ2) is 11.0. The van der Waals surface area contributed by atoms with Gasteiger partial charge in [0.25, 0.3) is 0 Å². The zero-order chi connectivity index (χ0) is 40.1. The summed E-state index contributed by atoms with van der Waals surface area (Å²) >= 11 is 0. The third-order valence-electron chi connectivity index (χ3n) is 9.81. The van der Waals surface area contributed by atoms with Crippen molar-refractivity contribution >= 4 is 43.5 Å². The lowest BCUT2D eigenvalue weighted by Crippen LogP contribution is -1.95. The summed E-state index contributed by atoms with van der Waals surface area (Å²) in [7, 11) is 0. The molecular weight excluding hydrogens is 571 g/mol. The molecule has 2 nitrogen and oxygen atoms in total. The molecule has 2 heterocycles. The largest absolute Gasteiger partial charge is 0.455 e. The summed E-state index contributed by atoms with van der Waals surface area (Å²) in [5, 5.41) is 5.92. The minimum Gasteiger partial charge on any atom is -0.455 e. The van der Waals surface area contributed by atoms with E-state index in [2.05, 4.69) is 35.3 Å². The number of para-hydroxylation sites is 1. The molecule has 6 aromatic carbocycles. The fourth-order valence-corrected chi connectivity index (χ4v) is 7.42. The van der Waals surface area contributed by atoms with Gasteiger partial charge in [-0.3, -0.25) is 4.98 Å². The number of rotatable bonds is 4. The molecule has 1 aliphatic carbocycles. The number of aryl methyl sites for hydroxylation is 3. The molecule has 0 saturated heterocycles. The monoisotopic (exact) mass is 617 g/mol. The first kappa shape index (κ1) is 19.5. The van der Waals surface area contributed by atoms with Gasteiger partial charge in [0.15, 0.2) is 0 Å². The molecule has 9 rings (SSSR count). The highest BCUT2D eigenvalue weighted by atomic mass is 16.3. The molecule has 47 heavy (non-hydrogen) atoms. The van der Waals surface area contributed by atoms with Gasteiger partial charge in [-0.15, -0.1) is 0 Å². The third kappa shape index (κ3) is 4.58. The molecule has 1 aliphatic rings. The van der Waals surface area contributed by atoms with Crippen molar-refractivity contribution in [3.8, 4) is 33.5 Å². The van der Waals surface area contributed by atoms with Gasteiger partial charge in [-0.2, -0.15) is 0 Å². The van der Waals surface area contributed by atoms with Crippen molar-refractivity contribution in [3.63, 3.8) is 0 Å². The molecule has 1 fully saturated rings. The lowest BCUT2D eigenvalue weighted by molar-refractivity contribution is 0.674. The molecule has 2 aromatic heterocycles. The highest BCUT2D eigenvalue weighted by molar-refractivity contribution is 6.23. The van der Waals surface area contributed by atoms with Gasteiger partial charge in [0.1, 0.15) is 11.2 Å². The molecule has 0 bridgehead atoms. The van der Waals surface area contributed by atoms with Gasteiger partial charge in [0, 0.05) is 41.6 Å². The van der Waals surface area contributed by atoms with Gasteiger partial charge >= 0.3 is 0 Å². The summed E-state index contributed by atoms with van der Waals surface area (Å²) in [6.45, 7) is -7.89. The minimum atomic E-state index is -2.71. The maximum Gasteiger partial charge on any atom is 0.144 e. The van der Waals surface area contributed by atoms with Crippen molar-refractivity contribution in [1.29, 1.82) is 0 Å². The van der Waals surface area contributed by atoms with E-state index in [0.29, 0.717) is 46.4 Å². The van der Waals surface area contributed by atoms with E-state index in [1.807, 2.05) is 36.4 Å². The van der Waals surface area contributed by atoms with Crippen molar-refractivity contribution in [2.24, 2.45) is 0 Å². The minimum absolute atomic E-state index is 0.0388. The van der Waals surface area contributed by atoms with Gasteiger partial charge in [0.2, 0.25) is 0 Å². The second-order valence-electron chi connectivity index (χ2n) is 12.6. The summed E-state index contributed by atoms with van der Waals surface area (Å²) in [6.07, 6.45) is 4.36. The van der Waals surface area contributed by atoms with Crippen molar-refractivity contribution in [1.82, 2.24) is 4.98 Å². The molecule has 0 amide bonds. The average molecular weight is 618 g/mol. The molecule has 228 valence electrons. The fourth-order valence-electron chi connectivity index (χ4n) is 7.42. The Morgan fingerprint density at radius 3 is 2.28 bits per heavy atom. The first-order valence-electron chi connectivity index (χ1n) is 21.1. The van der Waals surface area contributed by atoms with Crippen LogP contribution >= 0.6 is 0 Å². The van der Waals surface area contributed by atoms with Gasteiger partial charge in [-0.1, -0.05) is 104 Å². The lowest BCUT2D eigenvalue weighted by atomic mass is 9.89. The quantitative estimate of drug-likeness (QED) is 0.184. The van der Waals surface area contributed by atoms with Crippen LogP contribution in [0.5, 0.6) is 0 Å². The fraction of sp³-hybridized carbons (Fsp3) is 0.178. The Kier molecular flexibility index (Phi) is 4.53. The van der Waals surface area contributed by atoms with E-state index in [4.69, 9.17) is 18.1 Å². The van der Waals surface area contributed by atoms with E-state index in [9.17, 15) is 0 Å². The zero-order valence-corrected chi connectivity index (χ0v) is 25.7. The van der Waals surface area contributed by atoms with E-state index < -0.39 is 26.4 Å². The number of hydrogen-bond acceptors (Lipinski definition) is 2. The van der Waals surface area contributed by atoms with Crippen LogP contribution in [0.25, 0.3) is 77.0 Å². The van der Waals surface area contributed by atoms with E-state index in [1.54, 1.807) is 36.4 Å². The summed E-state index contributed by atoms with van der Waals surface area (Å²) in [5.74, 6) is -0.869. The second-order valence-corrected chi connectivity index (χ2v) is 12.6. The topological polar surface area (TPSA) is 26.0 Å². The molecule has 0 atom stereocenters. The Labute approximate surface area is 289 Å². The molecule has 0 spiro atoms. The van der Waals surface area contributed by atoms with Crippen LogP contribution in [0.3, 0.4) is 0 Å². The Hall–Kier alpha value is -5.21. The van der Waals surface area contributed by atoms with Gasteiger partial charge < -0.3 is 4.42 Å². The SMILES string of the molecule is [2H]C([2H])([2H])c1cc(C2([2H])CCCC2)ccc1-c1ccc(-c2cc(-c3cccc4c3oc3c4ccc4ccc5ccccc5c43)ncc2C([2H])([2H])[2H])c(C([2H])([2H])[2H])c1. The molecule has 0 unspecified atom stereocenters. The van der Waals surface area contributed by atoms with Gasteiger partial charge in [-0.05, 0) is 118 Å². The zero-order valence-electron chi connectivity index (χ0n) is 35.7. The molecule has 1 saturated carbocycles. The van der Waals surface area contributed by atoms with Crippen LogP contribution in [0.2, 0.25) is 0 Å². The number of furan rings is 1. The number of aromatic nitrogens is 1. The highest BCUT2D eigenvalue weighted by Gasteiger charge is 2.20. The standard InChI is InChI=1S/C45H37NO/c1-27-23-33(30-9-4-5-10-30)18-20-35(27)34-19-21-36(28(2)24-34)41-25-42(46-26-29(41)3)40-14-8-13-38-39-22-17-32-16-15-31-11-6-7-12-37(31)43(32)45(39)47-44(38)40/h6-8,11-26,30H,4-5,9-10H2,1-3H3/i1D3,2D3,3D3,30D. The van der Waals surface area contributed by atoms with Crippen molar-refractivity contribution in [2.75, 3.05) is 0 Å². The summed E-state index contributed by atoms with van der Waals surface area (Å²) in [5.41, 5.74) is 3.76. The first-order chi connectivity index (χ1) is 27.0. The van der Waals surface area contributed by atoms with Crippen LogP contribution in [-0.4, -0.2) is 4.98 Å².